The smallest absolute Gasteiger partial charge is 0.224 e. The van der Waals surface area contributed by atoms with E-state index in [0.717, 1.165) is 38.3 Å². The van der Waals surface area contributed by atoms with Crippen LogP contribution in [0.5, 0.6) is 0 Å². The summed E-state index contributed by atoms with van der Waals surface area (Å²) in [5, 5.41) is 7.86. The SMILES string of the molecule is CN=C(NCCC(=O)N1CCCCC1C)NCCc1c[nH]c2ccccc12. The molecule has 6 heteroatoms. The predicted octanol–water partition coefficient (Wildman–Crippen LogP) is 2.67. The lowest BCUT2D eigenvalue weighted by molar-refractivity contribution is -0.134. The molecule has 27 heavy (non-hydrogen) atoms. The van der Waals surface area contributed by atoms with Crippen molar-refractivity contribution in [3.8, 4) is 0 Å². The standard InChI is InChI=1S/C21H31N5O/c1-16-7-5-6-14-26(16)20(27)11-13-24-21(22-2)23-12-10-17-15-25-19-9-4-3-8-18(17)19/h3-4,8-9,15-16,25H,5-7,10-14H2,1-2H3,(H2,22,23,24). The highest BCUT2D eigenvalue weighted by molar-refractivity contribution is 5.83. The first-order chi connectivity index (χ1) is 13.2. The first-order valence-corrected chi connectivity index (χ1v) is 9.98. The van der Waals surface area contributed by atoms with E-state index in [2.05, 4.69) is 51.9 Å². The summed E-state index contributed by atoms with van der Waals surface area (Å²) in [6.07, 6.45) is 6.97. The largest absolute Gasteiger partial charge is 0.361 e. The van der Waals surface area contributed by atoms with Gasteiger partial charge in [-0.05, 0) is 44.2 Å². The molecule has 1 saturated heterocycles. The van der Waals surface area contributed by atoms with Gasteiger partial charge < -0.3 is 20.5 Å². The van der Waals surface area contributed by atoms with Crippen molar-refractivity contribution in [1.82, 2.24) is 20.5 Å². The van der Waals surface area contributed by atoms with Gasteiger partial charge in [0.05, 0.1) is 0 Å². The lowest BCUT2D eigenvalue weighted by Crippen LogP contribution is -2.44. The number of rotatable bonds is 6. The zero-order chi connectivity index (χ0) is 19.1. The van der Waals surface area contributed by atoms with Gasteiger partial charge in [-0.2, -0.15) is 0 Å². The molecule has 1 atom stereocenters. The van der Waals surface area contributed by atoms with Crippen LogP contribution in [-0.2, 0) is 11.2 Å². The van der Waals surface area contributed by atoms with Crippen LogP contribution in [0.4, 0.5) is 0 Å². The van der Waals surface area contributed by atoms with E-state index in [1.165, 1.54) is 22.9 Å². The van der Waals surface area contributed by atoms with Crippen molar-refractivity contribution < 1.29 is 4.79 Å². The Morgan fingerprint density at radius 1 is 1.26 bits per heavy atom. The molecule has 146 valence electrons. The summed E-state index contributed by atoms with van der Waals surface area (Å²) in [5.41, 5.74) is 2.46. The van der Waals surface area contributed by atoms with Crippen molar-refractivity contribution in [2.75, 3.05) is 26.7 Å². The van der Waals surface area contributed by atoms with Gasteiger partial charge in [0.25, 0.3) is 0 Å². The molecular formula is C21H31N5O. The van der Waals surface area contributed by atoms with E-state index in [-0.39, 0.29) is 5.91 Å². The molecule has 3 N–H and O–H groups in total. The zero-order valence-electron chi connectivity index (χ0n) is 16.4. The molecule has 0 saturated carbocycles. The van der Waals surface area contributed by atoms with Crippen molar-refractivity contribution in [2.24, 2.45) is 4.99 Å². The highest BCUT2D eigenvalue weighted by atomic mass is 16.2. The van der Waals surface area contributed by atoms with Gasteiger partial charge in [0.1, 0.15) is 0 Å². The molecule has 0 bridgehead atoms. The first kappa shape index (κ1) is 19.3. The molecule has 2 aromatic rings. The molecule has 1 fully saturated rings. The fraction of sp³-hybridized carbons (Fsp3) is 0.524. The van der Waals surface area contributed by atoms with Crippen molar-refractivity contribution >= 4 is 22.8 Å². The Balaban J connectivity index is 1.40. The quantitative estimate of drug-likeness (QED) is 0.541. The maximum atomic E-state index is 12.4. The van der Waals surface area contributed by atoms with Gasteiger partial charge in [-0.3, -0.25) is 9.79 Å². The molecule has 0 spiro atoms. The van der Waals surface area contributed by atoms with Crippen LogP contribution in [0.25, 0.3) is 10.9 Å². The van der Waals surface area contributed by atoms with Gasteiger partial charge >= 0.3 is 0 Å². The highest BCUT2D eigenvalue weighted by Crippen LogP contribution is 2.18. The number of hydrogen-bond acceptors (Lipinski definition) is 2. The lowest BCUT2D eigenvalue weighted by Gasteiger charge is -2.33. The molecule has 2 heterocycles. The predicted molar refractivity (Wildman–Crippen MR) is 111 cm³/mol. The number of guanidine groups is 1. The molecule has 3 rings (SSSR count). The normalized spacial score (nSPS) is 17.9. The average Bonchev–Trinajstić information content (AvgIpc) is 3.10. The van der Waals surface area contributed by atoms with Crippen LogP contribution in [0.15, 0.2) is 35.5 Å². The van der Waals surface area contributed by atoms with Crippen molar-refractivity contribution in [3.63, 3.8) is 0 Å². The molecule has 1 aliphatic rings. The fourth-order valence-electron chi connectivity index (χ4n) is 3.77. The summed E-state index contributed by atoms with van der Waals surface area (Å²) in [4.78, 5) is 22.0. The molecular weight excluding hydrogens is 338 g/mol. The van der Waals surface area contributed by atoms with Crippen LogP contribution in [0.2, 0.25) is 0 Å². The molecule has 0 radical (unpaired) electrons. The molecule has 1 amide bonds. The van der Waals surface area contributed by atoms with E-state index >= 15 is 0 Å². The number of nitrogens with one attached hydrogen (secondary N) is 3. The summed E-state index contributed by atoms with van der Waals surface area (Å²) in [6.45, 7) is 4.45. The van der Waals surface area contributed by atoms with E-state index in [0.29, 0.717) is 19.0 Å². The number of fused-ring (bicyclic) bond motifs is 1. The number of H-pyrrole nitrogens is 1. The van der Waals surface area contributed by atoms with Gasteiger partial charge in [-0.25, -0.2) is 0 Å². The van der Waals surface area contributed by atoms with E-state index in [4.69, 9.17) is 0 Å². The van der Waals surface area contributed by atoms with Gasteiger partial charge in [-0.1, -0.05) is 18.2 Å². The monoisotopic (exact) mass is 369 g/mol. The summed E-state index contributed by atoms with van der Waals surface area (Å²) in [6, 6.07) is 8.71. The van der Waals surface area contributed by atoms with Gasteiger partial charge in [0.2, 0.25) is 5.91 Å². The number of carbonyl (C=O) groups is 1. The third kappa shape index (κ3) is 5.02. The van der Waals surface area contributed by atoms with Crippen LogP contribution in [0.3, 0.4) is 0 Å². The Morgan fingerprint density at radius 2 is 2.07 bits per heavy atom. The number of hydrogen-bond donors (Lipinski definition) is 3. The number of amides is 1. The Bertz CT molecular complexity index is 782. The average molecular weight is 370 g/mol. The van der Waals surface area contributed by atoms with Crippen LogP contribution < -0.4 is 10.6 Å². The molecule has 1 aromatic heterocycles. The van der Waals surface area contributed by atoms with Crippen LogP contribution in [0, 0.1) is 0 Å². The summed E-state index contributed by atoms with van der Waals surface area (Å²) < 4.78 is 0. The van der Waals surface area contributed by atoms with E-state index in [9.17, 15) is 4.79 Å². The second kappa shape index (κ2) is 9.44. The topological polar surface area (TPSA) is 72.5 Å². The summed E-state index contributed by atoms with van der Waals surface area (Å²) in [5.74, 6) is 0.985. The number of aromatic amines is 1. The maximum Gasteiger partial charge on any atom is 0.224 e. The van der Waals surface area contributed by atoms with Crippen molar-refractivity contribution in [3.05, 3.63) is 36.0 Å². The minimum absolute atomic E-state index is 0.240. The van der Waals surface area contributed by atoms with E-state index in [1.54, 1.807) is 7.05 Å². The number of carbonyl (C=O) groups excluding carboxylic acids is 1. The number of aromatic nitrogens is 1. The van der Waals surface area contributed by atoms with Crippen molar-refractivity contribution in [1.29, 1.82) is 0 Å². The molecule has 0 aliphatic carbocycles. The minimum atomic E-state index is 0.240. The second-order valence-corrected chi connectivity index (χ2v) is 7.22. The van der Waals surface area contributed by atoms with Crippen LogP contribution in [-0.4, -0.2) is 54.5 Å². The molecule has 1 aromatic carbocycles. The number of nitrogens with zero attached hydrogens (tertiary/aromatic N) is 2. The van der Waals surface area contributed by atoms with Crippen LogP contribution in [0.1, 0.15) is 38.2 Å². The highest BCUT2D eigenvalue weighted by Gasteiger charge is 2.22. The lowest BCUT2D eigenvalue weighted by atomic mass is 10.0. The second-order valence-electron chi connectivity index (χ2n) is 7.22. The van der Waals surface area contributed by atoms with E-state index < -0.39 is 0 Å². The fourth-order valence-corrected chi connectivity index (χ4v) is 3.77. The Labute approximate surface area is 161 Å². The van der Waals surface area contributed by atoms with Gasteiger partial charge in [0.15, 0.2) is 5.96 Å². The number of benzene rings is 1. The molecule has 6 nitrogen and oxygen atoms in total. The first-order valence-electron chi connectivity index (χ1n) is 9.98. The van der Waals surface area contributed by atoms with Crippen LogP contribution >= 0.6 is 0 Å². The third-order valence-electron chi connectivity index (χ3n) is 5.34. The summed E-state index contributed by atoms with van der Waals surface area (Å²) >= 11 is 0. The van der Waals surface area contributed by atoms with Crippen molar-refractivity contribution in [2.45, 2.75) is 45.1 Å². The van der Waals surface area contributed by atoms with E-state index in [1.807, 2.05) is 11.0 Å². The van der Waals surface area contributed by atoms with Gasteiger partial charge in [-0.15, -0.1) is 0 Å². The van der Waals surface area contributed by atoms with Gasteiger partial charge in [0, 0.05) is 56.2 Å². The molecule has 1 unspecified atom stereocenters. The number of piperidine rings is 1. The third-order valence-corrected chi connectivity index (χ3v) is 5.34. The summed E-state index contributed by atoms with van der Waals surface area (Å²) in [7, 11) is 1.76. The number of aliphatic imine (C=N–C) groups is 1. The minimum Gasteiger partial charge on any atom is -0.361 e. The Morgan fingerprint density at radius 3 is 2.89 bits per heavy atom. The Hall–Kier alpha value is -2.50. The zero-order valence-corrected chi connectivity index (χ0v) is 16.4. The number of para-hydroxylation sites is 1. The Kier molecular flexibility index (Phi) is 6.74. The number of likely N-dealkylation sites (tertiary alicyclic amines) is 1. The maximum absolute atomic E-state index is 12.4. The molecule has 1 aliphatic heterocycles.